The SMILES string of the molecule is CC(C)(C1CCN(C(=O)NCc2ccc(C#N)cc2)CC1)C(O)c1cc(Cl)cc2[nH]ncc12. The van der Waals surface area contributed by atoms with Crippen molar-refractivity contribution >= 4 is 28.5 Å². The van der Waals surface area contributed by atoms with Gasteiger partial charge in [0.1, 0.15) is 0 Å². The van der Waals surface area contributed by atoms with Gasteiger partial charge in [0.2, 0.25) is 0 Å². The molecule has 3 aromatic rings. The second-order valence-electron chi connectivity index (χ2n) is 9.28. The van der Waals surface area contributed by atoms with Crippen molar-refractivity contribution in [2.75, 3.05) is 13.1 Å². The van der Waals surface area contributed by atoms with E-state index in [0.717, 1.165) is 34.9 Å². The minimum Gasteiger partial charge on any atom is -0.388 e. The molecule has 1 aliphatic heterocycles. The number of nitrogens with zero attached hydrogens (tertiary/aromatic N) is 3. The zero-order valence-electron chi connectivity index (χ0n) is 18.8. The molecule has 1 unspecified atom stereocenters. The first-order chi connectivity index (χ1) is 15.8. The summed E-state index contributed by atoms with van der Waals surface area (Å²) >= 11 is 6.28. The number of aromatic nitrogens is 2. The number of rotatable bonds is 5. The van der Waals surface area contributed by atoms with Crippen molar-refractivity contribution in [2.24, 2.45) is 11.3 Å². The highest BCUT2D eigenvalue weighted by molar-refractivity contribution is 6.31. The van der Waals surface area contributed by atoms with E-state index in [2.05, 4.69) is 35.4 Å². The fourth-order valence-corrected chi connectivity index (χ4v) is 4.93. The zero-order chi connectivity index (χ0) is 23.6. The van der Waals surface area contributed by atoms with E-state index < -0.39 is 11.5 Å². The van der Waals surface area contributed by atoms with Gasteiger partial charge in [0.15, 0.2) is 0 Å². The minimum atomic E-state index is -0.710. The zero-order valence-corrected chi connectivity index (χ0v) is 19.6. The number of nitrogens with one attached hydrogen (secondary N) is 2. The predicted octanol–water partition coefficient (Wildman–Crippen LogP) is 4.77. The van der Waals surface area contributed by atoms with Gasteiger partial charge in [-0.3, -0.25) is 5.10 Å². The van der Waals surface area contributed by atoms with Gasteiger partial charge in [0.25, 0.3) is 0 Å². The second-order valence-corrected chi connectivity index (χ2v) is 9.72. The van der Waals surface area contributed by atoms with E-state index in [1.54, 1.807) is 18.3 Å². The number of fused-ring (bicyclic) bond motifs is 1. The van der Waals surface area contributed by atoms with E-state index in [0.29, 0.717) is 30.2 Å². The highest BCUT2D eigenvalue weighted by atomic mass is 35.5. The van der Waals surface area contributed by atoms with Crippen molar-refractivity contribution in [1.29, 1.82) is 5.26 Å². The molecule has 0 saturated carbocycles. The van der Waals surface area contributed by atoms with E-state index in [4.69, 9.17) is 16.9 Å². The van der Waals surface area contributed by atoms with E-state index in [1.165, 1.54) is 0 Å². The summed E-state index contributed by atoms with van der Waals surface area (Å²) < 4.78 is 0. The molecule has 4 rings (SSSR count). The molecule has 33 heavy (non-hydrogen) atoms. The summed E-state index contributed by atoms with van der Waals surface area (Å²) in [5, 5.41) is 31.7. The quantitative estimate of drug-likeness (QED) is 0.504. The molecule has 1 atom stereocenters. The lowest BCUT2D eigenvalue weighted by Crippen LogP contribution is -2.47. The van der Waals surface area contributed by atoms with Crippen LogP contribution >= 0.6 is 11.6 Å². The molecule has 0 radical (unpaired) electrons. The number of halogens is 1. The Morgan fingerprint density at radius 1 is 1.33 bits per heavy atom. The lowest BCUT2D eigenvalue weighted by Gasteiger charge is -2.43. The Kier molecular flexibility index (Phi) is 6.59. The highest BCUT2D eigenvalue weighted by Crippen LogP contribution is 2.46. The fraction of sp³-hybridized carbons (Fsp3) is 0.400. The number of hydrogen-bond donors (Lipinski definition) is 3. The number of H-pyrrole nitrogens is 1. The molecule has 1 fully saturated rings. The van der Waals surface area contributed by atoms with Gasteiger partial charge in [-0.25, -0.2) is 4.79 Å². The van der Waals surface area contributed by atoms with Crippen LogP contribution in [0.25, 0.3) is 10.9 Å². The van der Waals surface area contributed by atoms with Crippen LogP contribution in [-0.2, 0) is 6.54 Å². The first kappa shape index (κ1) is 23.1. The molecule has 2 amide bonds. The van der Waals surface area contributed by atoms with Gasteiger partial charge < -0.3 is 15.3 Å². The van der Waals surface area contributed by atoms with Crippen LogP contribution in [0.3, 0.4) is 0 Å². The third-order valence-electron chi connectivity index (χ3n) is 6.92. The van der Waals surface area contributed by atoms with Crippen LogP contribution in [0.5, 0.6) is 0 Å². The Balaban J connectivity index is 1.36. The molecule has 2 aromatic carbocycles. The van der Waals surface area contributed by atoms with Gasteiger partial charge >= 0.3 is 6.03 Å². The third-order valence-corrected chi connectivity index (χ3v) is 7.13. The number of benzene rings is 2. The molecule has 1 saturated heterocycles. The first-order valence-corrected chi connectivity index (χ1v) is 11.5. The summed E-state index contributed by atoms with van der Waals surface area (Å²) in [6, 6.07) is 12.8. The second kappa shape index (κ2) is 9.42. The van der Waals surface area contributed by atoms with Crippen LogP contribution in [0.15, 0.2) is 42.6 Å². The molecular formula is C25H28ClN5O2. The highest BCUT2D eigenvalue weighted by Gasteiger charge is 2.40. The van der Waals surface area contributed by atoms with Gasteiger partial charge in [-0.1, -0.05) is 37.6 Å². The number of aliphatic hydroxyl groups excluding tert-OH is 1. The van der Waals surface area contributed by atoms with Crippen LogP contribution in [0, 0.1) is 22.7 Å². The Hall–Kier alpha value is -3.08. The topological polar surface area (TPSA) is 105 Å². The number of carbonyl (C=O) groups is 1. The van der Waals surface area contributed by atoms with Crippen molar-refractivity contribution in [3.63, 3.8) is 0 Å². The maximum absolute atomic E-state index is 12.6. The average molecular weight is 466 g/mol. The van der Waals surface area contributed by atoms with Crippen molar-refractivity contribution in [2.45, 2.75) is 39.3 Å². The van der Waals surface area contributed by atoms with Crippen molar-refractivity contribution in [1.82, 2.24) is 20.4 Å². The number of piperidine rings is 1. The summed E-state index contributed by atoms with van der Waals surface area (Å²) in [5.74, 6) is 0.246. The van der Waals surface area contributed by atoms with Crippen molar-refractivity contribution in [3.8, 4) is 6.07 Å². The fourth-order valence-electron chi connectivity index (χ4n) is 4.71. The molecule has 0 aliphatic carbocycles. The third kappa shape index (κ3) is 4.82. The van der Waals surface area contributed by atoms with E-state index in [9.17, 15) is 9.90 Å². The van der Waals surface area contributed by atoms with Crippen molar-refractivity contribution in [3.05, 3.63) is 64.3 Å². The number of aliphatic hydroxyl groups is 1. The van der Waals surface area contributed by atoms with E-state index in [1.807, 2.05) is 29.2 Å². The smallest absolute Gasteiger partial charge is 0.317 e. The monoisotopic (exact) mass is 465 g/mol. The molecule has 172 valence electrons. The maximum atomic E-state index is 12.6. The standard InChI is InChI=1S/C25H28ClN5O2/c1-25(2,23(32)20-11-19(26)12-22-21(20)15-29-30-22)18-7-9-31(10-8-18)24(33)28-14-17-5-3-16(13-27)4-6-17/h3-6,11-12,15,18,23,32H,7-10,14H2,1-2H3,(H,28,33)(H,29,30). The Morgan fingerprint density at radius 2 is 2.03 bits per heavy atom. The number of aromatic amines is 1. The van der Waals surface area contributed by atoms with Crippen molar-refractivity contribution < 1.29 is 9.90 Å². The van der Waals surface area contributed by atoms with Crippen LogP contribution in [0.1, 0.15) is 49.5 Å². The lowest BCUT2D eigenvalue weighted by atomic mass is 9.68. The summed E-state index contributed by atoms with van der Waals surface area (Å²) in [6.45, 7) is 5.85. The molecule has 8 heteroatoms. The number of amides is 2. The number of nitriles is 1. The van der Waals surface area contributed by atoms with Crippen LogP contribution in [0.2, 0.25) is 5.02 Å². The van der Waals surface area contributed by atoms with Crippen LogP contribution < -0.4 is 5.32 Å². The van der Waals surface area contributed by atoms with Gasteiger partial charge in [-0.15, -0.1) is 0 Å². The van der Waals surface area contributed by atoms with E-state index >= 15 is 0 Å². The van der Waals surface area contributed by atoms with Gasteiger partial charge in [0.05, 0.1) is 29.5 Å². The molecule has 3 N–H and O–H groups in total. The molecule has 1 aliphatic rings. The van der Waals surface area contributed by atoms with Gasteiger partial charge in [-0.2, -0.15) is 10.4 Å². The summed E-state index contributed by atoms with van der Waals surface area (Å²) in [4.78, 5) is 14.5. The average Bonchev–Trinajstić information content (AvgIpc) is 3.30. The van der Waals surface area contributed by atoms with Crippen LogP contribution in [0.4, 0.5) is 4.79 Å². The Bertz CT molecular complexity index is 1170. The minimum absolute atomic E-state index is 0.0916. The normalized spacial score (nSPS) is 15.9. The molecular weight excluding hydrogens is 438 g/mol. The van der Waals surface area contributed by atoms with Gasteiger partial charge in [0, 0.05) is 30.0 Å². The summed E-state index contributed by atoms with van der Waals surface area (Å²) in [5.41, 5.74) is 2.73. The number of hydrogen-bond acceptors (Lipinski definition) is 4. The molecule has 1 aromatic heterocycles. The van der Waals surface area contributed by atoms with Gasteiger partial charge in [-0.05, 0) is 59.6 Å². The molecule has 7 nitrogen and oxygen atoms in total. The summed E-state index contributed by atoms with van der Waals surface area (Å²) in [6.07, 6.45) is 2.63. The molecule has 2 heterocycles. The number of likely N-dealkylation sites (tertiary alicyclic amines) is 1. The predicted molar refractivity (Wildman–Crippen MR) is 128 cm³/mol. The number of urea groups is 1. The Morgan fingerprint density at radius 3 is 2.70 bits per heavy atom. The Labute approximate surface area is 198 Å². The van der Waals surface area contributed by atoms with Crippen LogP contribution in [-0.4, -0.2) is 39.3 Å². The first-order valence-electron chi connectivity index (χ1n) is 11.1. The maximum Gasteiger partial charge on any atom is 0.317 e. The largest absolute Gasteiger partial charge is 0.388 e. The summed E-state index contributed by atoms with van der Waals surface area (Å²) in [7, 11) is 0. The van der Waals surface area contributed by atoms with E-state index in [-0.39, 0.29) is 11.9 Å². The number of carbonyl (C=O) groups excluding carboxylic acids is 1. The lowest BCUT2D eigenvalue weighted by molar-refractivity contribution is -0.0142. The molecule has 0 spiro atoms. The molecule has 0 bridgehead atoms.